The zero-order valence-electron chi connectivity index (χ0n) is 11.2. The van der Waals surface area contributed by atoms with E-state index in [4.69, 9.17) is 17.3 Å². The van der Waals surface area contributed by atoms with Gasteiger partial charge >= 0.3 is 0 Å². The van der Waals surface area contributed by atoms with Crippen LogP contribution in [0.5, 0.6) is 0 Å². The minimum absolute atomic E-state index is 0.0532. The van der Waals surface area contributed by atoms with Gasteiger partial charge in [-0.2, -0.15) is 0 Å². The van der Waals surface area contributed by atoms with Crippen molar-refractivity contribution in [2.45, 2.75) is 38.8 Å². The number of rotatable bonds is 6. The molecule has 0 radical (unpaired) electrons. The molecule has 102 valence electrons. The van der Waals surface area contributed by atoms with Crippen LogP contribution in [0.2, 0.25) is 5.15 Å². The Morgan fingerprint density at radius 2 is 2.33 bits per heavy atom. The lowest BCUT2D eigenvalue weighted by atomic mass is 10.1. The summed E-state index contributed by atoms with van der Waals surface area (Å²) in [6.45, 7) is 2.50. The zero-order chi connectivity index (χ0) is 13.7. The van der Waals surface area contributed by atoms with E-state index >= 15 is 0 Å². The van der Waals surface area contributed by atoms with Crippen molar-refractivity contribution in [3.8, 4) is 0 Å². The molecule has 2 N–H and O–H groups in total. The fraction of sp³-hybridized carbons (Fsp3) is 0.667. The van der Waals surface area contributed by atoms with Crippen molar-refractivity contribution in [2.75, 3.05) is 7.05 Å². The molecule has 5 nitrogen and oxygen atoms in total. The lowest BCUT2D eigenvalue weighted by molar-refractivity contribution is -0.132. The largest absolute Gasteiger partial charge is 0.337 e. The van der Waals surface area contributed by atoms with Gasteiger partial charge < -0.3 is 15.2 Å². The number of carbonyl (C=O) groups is 1. The molecule has 1 amide bonds. The fourth-order valence-electron chi connectivity index (χ4n) is 1.69. The monoisotopic (exact) mass is 272 g/mol. The second-order valence-corrected chi connectivity index (χ2v) is 4.89. The van der Waals surface area contributed by atoms with Crippen molar-refractivity contribution in [3.05, 3.63) is 17.2 Å². The maximum absolute atomic E-state index is 12.0. The van der Waals surface area contributed by atoms with Gasteiger partial charge in [-0.1, -0.05) is 31.4 Å². The molecule has 0 aliphatic rings. The third kappa shape index (κ3) is 3.71. The predicted molar refractivity (Wildman–Crippen MR) is 72.2 cm³/mol. The van der Waals surface area contributed by atoms with Crippen LogP contribution in [0.25, 0.3) is 0 Å². The molecule has 1 rings (SSSR count). The molecule has 18 heavy (non-hydrogen) atoms. The van der Waals surface area contributed by atoms with Gasteiger partial charge in [0.15, 0.2) is 0 Å². The van der Waals surface area contributed by atoms with E-state index in [9.17, 15) is 4.79 Å². The molecule has 1 aromatic rings. The summed E-state index contributed by atoms with van der Waals surface area (Å²) >= 11 is 5.90. The number of amides is 1. The Hall–Kier alpha value is -1.07. The maximum atomic E-state index is 12.0. The van der Waals surface area contributed by atoms with Crippen LogP contribution in [-0.2, 0) is 18.4 Å². The Kier molecular flexibility index (Phi) is 5.62. The van der Waals surface area contributed by atoms with Crippen molar-refractivity contribution in [2.24, 2.45) is 12.8 Å². The van der Waals surface area contributed by atoms with E-state index in [1.54, 1.807) is 22.7 Å². The van der Waals surface area contributed by atoms with Crippen LogP contribution in [0.3, 0.4) is 0 Å². The first-order valence-corrected chi connectivity index (χ1v) is 6.51. The minimum atomic E-state index is -0.425. The average molecular weight is 273 g/mol. The van der Waals surface area contributed by atoms with Gasteiger partial charge in [0.2, 0.25) is 5.91 Å². The van der Waals surface area contributed by atoms with Gasteiger partial charge in [0, 0.05) is 14.1 Å². The average Bonchev–Trinajstić information content (AvgIpc) is 2.66. The van der Waals surface area contributed by atoms with Gasteiger partial charge in [-0.3, -0.25) is 4.79 Å². The lowest BCUT2D eigenvalue weighted by Crippen LogP contribution is -2.41. The number of likely N-dealkylation sites (N-methyl/N-ethyl adjacent to an activating group) is 1. The van der Waals surface area contributed by atoms with E-state index in [0.717, 1.165) is 25.1 Å². The van der Waals surface area contributed by atoms with Crippen LogP contribution in [0, 0.1) is 0 Å². The summed E-state index contributed by atoms with van der Waals surface area (Å²) < 4.78 is 1.75. The highest BCUT2D eigenvalue weighted by atomic mass is 35.5. The minimum Gasteiger partial charge on any atom is -0.337 e. The number of hydrogen-bond acceptors (Lipinski definition) is 3. The predicted octanol–water partition coefficient (Wildman–Crippen LogP) is 1.55. The number of imidazole rings is 1. The standard InChI is InChI=1S/C12H21ClN4O/c1-4-5-6-9(14)12(18)16(2)8-11-15-7-10(13)17(11)3/h7,9H,4-6,8,14H2,1-3H3. The summed E-state index contributed by atoms with van der Waals surface area (Å²) in [5.74, 6) is 0.695. The molecule has 0 fully saturated rings. The van der Waals surface area contributed by atoms with Crippen LogP contribution in [0.1, 0.15) is 32.0 Å². The van der Waals surface area contributed by atoms with Gasteiger partial charge in [0.1, 0.15) is 11.0 Å². The first-order valence-electron chi connectivity index (χ1n) is 6.14. The molecule has 0 aromatic carbocycles. The van der Waals surface area contributed by atoms with E-state index < -0.39 is 6.04 Å². The molecule has 6 heteroatoms. The third-order valence-corrected chi connectivity index (χ3v) is 3.32. The summed E-state index contributed by atoms with van der Waals surface area (Å²) in [6, 6.07) is -0.425. The van der Waals surface area contributed by atoms with Crippen molar-refractivity contribution in [3.63, 3.8) is 0 Å². The Morgan fingerprint density at radius 1 is 1.67 bits per heavy atom. The summed E-state index contributed by atoms with van der Waals surface area (Å²) in [5.41, 5.74) is 5.86. The summed E-state index contributed by atoms with van der Waals surface area (Å²) in [4.78, 5) is 17.8. The van der Waals surface area contributed by atoms with Gasteiger partial charge in [-0.05, 0) is 6.42 Å². The molecule has 0 saturated heterocycles. The quantitative estimate of drug-likeness (QED) is 0.855. The molecule has 1 unspecified atom stereocenters. The van der Waals surface area contributed by atoms with Crippen molar-refractivity contribution in [1.82, 2.24) is 14.5 Å². The number of carbonyl (C=O) groups excluding carboxylic acids is 1. The molecule has 0 bridgehead atoms. The van der Waals surface area contributed by atoms with E-state index in [1.165, 1.54) is 0 Å². The molecular weight excluding hydrogens is 252 g/mol. The van der Waals surface area contributed by atoms with Crippen LogP contribution >= 0.6 is 11.6 Å². The molecule has 1 atom stereocenters. The van der Waals surface area contributed by atoms with Crippen molar-refractivity contribution in [1.29, 1.82) is 0 Å². The molecule has 0 aliphatic carbocycles. The second kappa shape index (κ2) is 6.75. The number of hydrogen-bond donors (Lipinski definition) is 1. The van der Waals surface area contributed by atoms with E-state index in [2.05, 4.69) is 11.9 Å². The highest BCUT2D eigenvalue weighted by molar-refractivity contribution is 6.29. The number of halogens is 1. The number of nitrogens with zero attached hydrogens (tertiary/aromatic N) is 3. The Morgan fingerprint density at radius 3 is 2.83 bits per heavy atom. The smallest absolute Gasteiger partial charge is 0.239 e. The number of unbranched alkanes of at least 4 members (excludes halogenated alkanes) is 1. The van der Waals surface area contributed by atoms with E-state index in [-0.39, 0.29) is 5.91 Å². The maximum Gasteiger partial charge on any atom is 0.239 e. The fourth-order valence-corrected chi connectivity index (χ4v) is 1.84. The van der Waals surface area contributed by atoms with Crippen molar-refractivity contribution < 1.29 is 4.79 Å². The molecule has 1 aromatic heterocycles. The zero-order valence-corrected chi connectivity index (χ0v) is 11.9. The first kappa shape index (κ1) is 15.0. The van der Waals surface area contributed by atoms with Crippen LogP contribution in [-0.4, -0.2) is 33.4 Å². The van der Waals surface area contributed by atoms with Gasteiger partial charge in [-0.25, -0.2) is 4.98 Å². The van der Waals surface area contributed by atoms with Gasteiger partial charge in [0.05, 0.1) is 18.8 Å². The van der Waals surface area contributed by atoms with Crippen LogP contribution in [0.15, 0.2) is 6.20 Å². The first-order chi connectivity index (χ1) is 8.47. The van der Waals surface area contributed by atoms with Crippen LogP contribution < -0.4 is 5.73 Å². The van der Waals surface area contributed by atoms with E-state index in [1.807, 2.05) is 7.05 Å². The highest BCUT2D eigenvalue weighted by Gasteiger charge is 2.19. The molecule has 0 spiro atoms. The number of aromatic nitrogens is 2. The van der Waals surface area contributed by atoms with Gasteiger partial charge in [-0.15, -0.1) is 0 Å². The van der Waals surface area contributed by atoms with E-state index in [0.29, 0.717) is 11.7 Å². The topological polar surface area (TPSA) is 64.2 Å². The summed E-state index contributed by atoms with van der Waals surface area (Å²) in [6.07, 6.45) is 4.31. The normalized spacial score (nSPS) is 12.5. The van der Waals surface area contributed by atoms with Gasteiger partial charge in [0.25, 0.3) is 0 Å². The molecule has 0 saturated carbocycles. The Balaban J connectivity index is 2.57. The van der Waals surface area contributed by atoms with Crippen LogP contribution in [0.4, 0.5) is 0 Å². The molecular formula is C12H21ClN4O. The Bertz CT molecular complexity index is 405. The third-order valence-electron chi connectivity index (χ3n) is 2.97. The number of nitrogens with two attached hydrogens (primary N) is 1. The molecule has 1 heterocycles. The molecule has 0 aliphatic heterocycles. The highest BCUT2D eigenvalue weighted by Crippen LogP contribution is 2.11. The summed E-state index contributed by atoms with van der Waals surface area (Å²) in [7, 11) is 3.55. The second-order valence-electron chi connectivity index (χ2n) is 4.50. The SMILES string of the molecule is CCCCC(N)C(=O)N(C)Cc1ncc(Cl)n1C. The van der Waals surface area contributed by atoms with Crippen molar-refractivity contribution >= 4 is 17.5 Å². The summed E-state index contributed by atoms with van der Waals surface area (Å²) in [5, 5.41) is 0.557. The Labute approximate surface area is 113 Å². The lowest BCUT2D eigenvalue weighted by Gasteiger charge is -2.21.